The van der Waals surface area contributed by atoms with Crippen LogP contribution in [-0.2, 0) is 44.4 Å². The molecule has 16 heteroatoms. The van der Waals surface area contributed by atoms with Crippen molar-refractivity contribution in [2.45, 2.75) is 177 Å². The van der Waals surface area contributed by atoms with Crippen LogP contribution in [-0.4, -0.2) is 118 Å². The number of halogens is 1. The fourth-order valence-electron chi connectivity index (χ4n) is 10.4. The first-order chi connectivity index (χ1) is 33.1. The van der Waals surface area contributed by atoms with Crippen molar-refractivity contribution in [3.05, 3.63) is 107 Å². The van der Waals surface area contributed by atoms with Crippen LogP contribution in [0.4, 0.5) is 0 Å². The Balaban J connectivity index is 1.06. The van der Waals surface area contributed by atoms with E-state index in [9.17, 15) is 20.1 Å². The number of aliphatic hydroxyl groups is 3. The number of carbonyl (C=O) groups is 1. The van der Waals surface area contributed by atoms with Gasteiger partial charge in [-0.05, 0) is 75.1 Å². The minimum atomic E-state index is -1.73. The van der Waals surface area contributed by atoms with E-state index < -0.39 is 48.4 Å². The molecule has 3 N–H and O–H groups in total. The monoisotopic (exact) mass is 1020 g/mol. The van der Waals surface area contributed by atoms with Crippen LogP contribution >= 0.6 is 15.9 Å². The number of fused-ring (bicyclic) bond motifs is 9. The lowest BCUT2D eigenvalue weighted by molar-refractivity contribution is -0.286. The molecule has 378 valence electrons. The first kappa shape index (κ1) is 53.0. The van der Waals surface area contributed by atoms with Crippen molar-refractivity contribution < 1.29 is 62.1 Å². The second kappa shape index (κ2) is 24.5. The van der Waals surface area contributed by atoms with Gasteiger partial charge >= 0.3 is 5.97 Å². The number of ether oxygens (including phenoxy) is 7. The second-order valence-electron chi connectivity index (χ2n) is 19.5. The molecule has 2 unspecified atom stereocenters. The van der Waals surface area contributed by atoms with Crippen LogP contribution in [0.25, 0.3) is 12.2 Å². The molecule has 7 heterocycles. The quantitative estimate of drug-likeness (QED) is 0.104. The molecule has 15 atom stereocenters. The number of carbonyl (C=O) groups excluding carboxylic acids is 1. The lowest BCUT2D eigenvalue weighted by Gasteiger charge is -2.44. The molecule has 8 bridgehead atoms. The molecule has 7 rings (SSSR count). The molecular formula is C53H71BrN2O13. The van der Waals surface area contributed by atoms with Crippen molar-refractivity contribution in [1.82, 2.24) is 9.97 Å². The normalized spacial score (nSPS) is 35.2. The summed E-state index contributed by atoms with van der Waals surface area (Å²) in [5.41, 5.74) is 3.86. The number of methoxy groups -OCH3 is 2. The Morgan fingerprint density at radius 3 is 2.57 bits per heavy atom. The van der Waals surface area contributed by atoms with Crippen LogP contribution < -0.4 is 0 Å². The van der Waals surface area contributed by atoms with Gasteiger partial charge in [-0.15, -0.1) is 0 Å². The van der Waals surface area contributed by atoms with E-state index in [-0.39, 0.29) is 67.2 Å². The third kappa shape index (κ3) is 14.6. The van der Waals surface area contributed by atoms with E-state index in [0.29, 0.717) is 75.1 Å². The molecule has 5 aliphatic rings. The summed E-state index contributed by atoms with van der Waals surface area (Å²) in [4.78, 5) is 24.8. The number of allylic oxidation sites excluding steroid dienone is 2. The topological polar surface area (TPSA) is 194 Å². The van der Waals surface area contributed by atoms with Crippen LogP contribution in [0.3, 0.4) is 0 Å². The summed E-state index contributed by atoms with van der Waals surface area (Å²) in [5.74, 6) is -1.95. The summed E-state index contributed by atoms with van der Waals surface area (Å²) < 4.78 is 55.2. The van der Waals surface area contributed by atoms with E-state index in [2.05, 4.69) is 22.5 Å². The first-order valence-corrected chi connectivity index (χ1v) is 25.2. The van der Waals surface area contributed by atoms with Crippen molar-refractivity contribution in [1.29, 1.82) is 0 Å². The van der Waals surface area contributed by atoms with Gasteiger partial charge in [0.25, 0.3) is 0 Å². The lowest BCUT2D eigenvalue weighted by atomic mass is 9.79. The molecule has 2 aromatic heterocycles. The maximum absolute atomic E-state index is 13.6. The number of rotatable bonds is 12. The van der Waals surface area contributed by atoms with Crippen LogP contribution in [0, 0.1) is 11.8 Å². The fraction of sp³-hybridized carbons (Fsp3) is 0.604. The van der Waals surface area contributed by atoms with Crippen LogP contribution in [0.2, 0.25) is 0 Å². The Bertz CT molecular complexity index is 2210. The third-order valence-corrected chi connectivity index (χ3v) is 14.2. The zero-order valence-corrected chi connectivity index (χ0v) is 42.3. The van der Waals surface area contributed by atoms with Gasteiger partial charge in [-0.2, -0.15) is 0 Å². The van der Waals surface area contributed by atoms with E-state index >= 15 is 0 Å². The summed E-state index contributed by atoms with van der Waals surface area (Å²) >= 11 is 3.28. The highest BCUT2D eigenvalue weighted by molar-refractivity contribution is 9.11. The average molecular weight is 1020 g/mol. The van der Waals surface area contributed by atoms with E-state index in [1.807, 2.05) is 64.2 Å². The molecule has 0 aromatic carbocycles. The molecule has 0 aliphatic carbocycles. The number of aliphatic hydroxyl groups excluding tert-OH is 2. The molecule has 69 heavy (non-hydrogen) atoms. The molecular weight excluding hydrogens is 952 g/mol. The average Bonchev–Trinajstić information content (AvgIpc) is 3.96. The van der Waals surface area contributed by atoms with Gasteiger partial charge in [0, 0.05) is 57.8 Å². The Labute approximate surface area is 414 Å². The predicted octanol–water partition coefficient (Wildman–Crippen LogP) is 8.76. The Hall–Kier alpha value is -3.81. The lowest BCUT2D eigenvalue weighted by Crippen LogP contribution is -2.51. The highest BCUT2D eigenvalue weighted by atomic mass is 79.9. The summed E-state index contributed by atoms with van der Waals surface area (Å²) in [5, 5.41) is 33.9. The second-order valence-corrected chi connectivity index (χ2v) is 20.0. The molecule has 4 saturated heterocycles. The molecule has 2 aromatic rings. The van der Waals surface area contributed by atoms with Gasteiger partial charge in [0.15, 0.2) is 11.7 Å². The molecule has 15 nitrogen and oxygen atoms in total. The van der Waals surface area contributed by atoms with Crippen molar-refractivity contribution >= 4 is 34.1 Å². The number of esters is 1. The maximum Gasteiger partial charge on any atom is 0.330 e. The molecule has 0 amide bonds. The molecule has 5 aliphatic heterocycles. The van der Waals surface area contributed by atoms with Crippen LogP contribution in [0.1, 0.15) is 121 Å². The van der Waals surface area contributed by atoms with Crippen LogP contribution in [0.15, 0.2) is 92.2 Å². The number of aromatic nitrogens is 2. The van der Waals surface area contributed by atoms with Crippen molar-refractivity contribution in [3.8, 4) is 0 Å². The van der Waals surface area contributed by atoms with Gasteiger partial charge < -0.3 is 57.3 Å². The highest BCUT2D eigenvalue weighted by Gasteiger charge is 2.45. The van der Waals surface area contributed by atoms with Gasteiger partial charge in [-0.1, -0.05) is 84.0 Å². The predicted molar refractivity (Wildman–Crippen MR) is 261 cm³/mol. The van der Waals surface area contributed by atoms with Crippen molar-refractivity contribution in [2.75, 3.05) is 14.2 Å². The van der Waals surface area contributed by atoms with Crippen molar-refractivity contribution in [2.24, 2.45) is 11.8 Å². The van der Waals surface area contributed by atoms with Gasteiger partial charge in [0.05, 0.1) is 67.5 Å². The summed E-state index contributed by atoms with van der Waals surface area (Å²) in [6.45, 7) is 12.2. The van der Waals surface area contributed by atoms with Gasteiger partial charge in [-0.25, -0.2) is 14.8 Å². The summed E-state index contributed by atoms with van der Waals surface area (Å²) in [6.07, 6.45) is 19.5. The van der Waals surface area contributed by atoms with E-state index in [4.69, 9.17) is 52.0 Å². The van der Waals surface area contributed by atoms with Crippen molar-refractivity contribution in [3.63, 3.8) is 0 Å². The van der Waals surface area contributed by atoms with E-state index in [0.717, 1.165) is 16.7 Å². The maximum atomic E-state index is 13.6. The first-order valence-electron chi connectivity index (χ1n) is 24.3. The van der Waals surface area contributed by atoms with Gasteiger partial charge in [0.1, 0.15) is 36.1 Å². The highest BCUT2D eigenvalue weighted by Crippen LogP contribution is 2.40. The number of hydrogen-bond donors (Lipinski definition) is 3. The minimum absolute atomic E-state index is 0.0830. The molecule has 0 radical (unpaired) electrons. The molecule has 4 fully saturated rings. The minimum Gasteiger partial charge on any atom is -0.458 e. The Kier molecular flexibility index (Phi) is 18.9. The molecule has 0 spiro atoms. The zero-order chi connectivity index (χ0) is 49.2. The number of hydrogen-bond acceptors (Lipinski definition) is 15. The number of oxazole rings is 2. The third-order valence-electron chi connectivity index (χ3n) is 13.9. The zero-order valence-electron chi connectivity index (χ0n) is 40.7. The SMILES string of the molecule is C=C1C[C@@H]2C[C@@H]3C[C@@H](O)C[C@@H](O3)c3coc(n3)C=CC[C@H]3O[C@@H](C(C)=Cc4coc(C[C@]5(O)CC(OC)C[C@H]([C@H](O)C=C(C)C=CC(CC=CBr)OC)O5)n4)[C@H](C)[C@@H](OC(=O)C=CC[C@@H](C1)O2)[C@@H]3C. The number of nitrogens with zero attached hydrogens (tertiary/aromatic N) is 2. The molecule has 0 saturated carbocycles. The van der Waals surface area contributed by atoms with E-state index in [1.165, 1.54) is 12.3 Å². The largest absolute Gasteiger partial charge is 0.458 e. The summed E-state index contributed by atoms with van der Waals surface area (Å²) in [7, 11) is 3.22. The van der Waals surface area contributed by atoms with Gasteiger partial charge in [0.2, 0.25) is 5.89 Å². The van der Waals surface area contributed by atoms with Crippen LogP contribution in [0.5, 0.6) is 0 Å². The van der Waals surface area contributed by atoms with Gasteiger partial charge in [-0.3, -0.25) is 0 Å². The standard InChI is InChI=1S/C53H71BrN2O13/c1-31(16-17-38(61-6)12-10-18-54)21-44(58)47-26-42(62-7)27-53(60,69-47)28-49-55-36(29-63-49)22-33(3)51-35(5)52-34(4)45(67-51)13-9-14-48-56-43(30-64-48)46-24-37(57)23-41(66-46)25-40-20-32(2)19-39(65-40)11-8-15-50(59)68-52/h8-10,14-18,21-22,29-30,34-35,37-42,44-47,51-52,57-58,60H,2,11-13,19-20,23-28H2,1,3-7H3/t34-,35+,37-,38?,39+,40-,41+,42?,44-,45-,46-,47-,51+,52+,53+/m1/s1. The fourth-order valence-corrected chi connectivity index (χ4v) is 10.6. The smallest absolute Gasteiger partial charge is 0.330 e. The van der Waals surface area contributed by atoms with E-state index in [1.54, 1.807) is 37.6 Å². The Morgan fingerprint density at radius 1 is 0.986 bits per heavy atom. The summed E-state index contributed by atoms with van der Waals surface area (Å²) in [6, 6.07) is 0. The Morgan fingerprint density at radius 2 is 1.78 bits per heavy atom.